The molecule has 1 aliphatic heterocycles. The van der Waals surface area contributed by atoms with Crippen molar-refractivity contribution in [1.82, 2.24) is 20.4 Å². The summed E-state index contributed by atoms with van der Waals surface area (Å²) in [6, 6.07) is 18.5. The van der Waals surface area contributed by atoms with Crippen LogP contribution in [-0.2, 0) is 17.9 Å². The average Bonchev–Trinajstić information content (AvgIpc) is 2.78. The maximum absolute atomic E-state index is 12.0. The molecule has 1 aliphatic rings. The first-order chi connectivity index (χ1) is 15.0. The lowest BCUT2D eigenvalue weighted by atomic mass is 10.0. The second-order valence-electron chi connectivity index (χ2n) is 8.11. The van der Waals surface area contributed by atoms with E-state index in [4.69, 9.17) is 16.6 Å². The van der Waals surface area contributed by atoms with Gasteiger partial charge in [-0.1, -0.05) is 54.1 Å². The second-order valence-corrected chi connectivity index (χ2v) is 8.55. The largest absolute Gasteiger partial charge is 0.354 e. The maximum Gasteiger partial charge on any atom is 0.241 e. The Hall–Kier alpha value is -1.84. The Kier molecular flexibility index (Phi) is 11.3. The first-order valence-electron chi connectivity index (χ1n) is 10.8. The summed E-state index contributed by atoms with van der Waals surface area (Å²) in [7, 11) is 3.52. The summed E-state index contributed by atoms with van der Waals surface area (Å²) in [5.41, 5.74) is 2.42. The highest BCUT2D eigenvalue weighted by atomic mass is 127. The fourth-order valence-electron chi connectivity index (χ4n) is 3.50. The van der Waals surface area contributed by atoms with Crippen LogP contribution in [0.3, 0.4) is 0 Å². The zero-order valence-electron chi connectivity index (χ0n) is 18.8. The highest BCUT2D eigenvalue weighted by molar-refractivity contribution is 14.0. The van der Waals surface area contributed by atoms with Crippen molar-refractivity contribution in [3.63, 3.8) is 0 Å². The number of halogens is 2. The van der Waals surface area contributed by atoms with Crippen molar-refractivity contribution in [3.05, 3.63) is 70.7 Å². The van der Waals surface area contributed by atoms with Gasteiger partial charge in [-0.15, -0.1) is 24.0 Å². The van der Waals surface area contributed by atoms with E-state index in [1.54, 1.807) is 19.0 Å². The predicted octanol–water partition coefficient (Wildman–Crippen LogP) is 3.75. The number of hydrogen-bond acceptors (Lipinski definition) is 3. The van der Waals surface area contributed by atoms with E-state index in [-0.39, 0.29) is 36.4 Å². The number of likely N-dealkylation sites (tertiary alicyclic amines) is 1. The Balaban J connectivity index is 0.00000363. The quantitative estimate of drug-likeness (QED) is 0.303. The molecule has 6 nitrogen and oxygen atoms in total. The molecule has 174 valence electrons. The predicted molar refractivity (Wildman–Crippen MR) is 143 cm³/mol. The highest BCUT2D eigenvalue weighted by Crippen LogP contribution is 2.16. The molecule has 0 bridgehead atoms. The number of carbonyl (C=O) groups is 1. The van der Waals surface area contributed by atoms with Crippen LogP contribution in [0.5, 0.6) is 0 Å². The van der Waals surface area contributed by atoms with Gasteiger partial charge in [0.25, 0.3) is 0 Å². The number of rotatable bonds is 7. The summed E-state index contributed by atoms with van der Waals surface area (Å²) in [5, 5.41) is 7.51. The van der Waals surface area contributed by atoms with Gasteiger partial charge < -0.3 is 15.5 Å². The highest BCUT2D eigenvalue weighted by Gasteiger charge is 2.20. The van der Waals surface area contributed by atoms with Crippen LogP contribution in [0, 0.1) is 0 Å². The molecule has 8 heteroatoms. The molecule has 2 aromatic carbocycles. The molecular weight excluding hydrogens is 537 g/mol. The zero-order chi connectivity index (χ0) is 22.1. The Bertz CT molecular complexity index is 852. The lowest BCUT2D eigenvalue weighted by Gasteiger charge is -2.33. The van der Waals surface area contributed by atoms with E-state index in [0.717, 1.165) is 43.1 Å². The second kappa shape index (κ2) is 13.6. The minimum absolute atomic E-state index is 0. The number of piperidine rings is 1. The minimum Gasteiger partial charge on any atom is -0.354 e. The fraction of sp³-hybridized carbons (Fsp3) is 0.417. The third-order valence-corrected chi connectivity index (χ3v) is 5.67. The van der Waals surface area contributed by atoms with E-state index in [1.165, 1.54) is 5.56 Å². The van der Waals surface area contributed by atoms with Crippen LogP contribution in [0.1, 0.15) is 24.0 Å². The smallest absolute Gasteiger partial charge is 0.241 e. The molecule has 0 unspecified atom stereocenters. The number of likely N-dealkylation sites (N-methyl/N-ethyl adjacent to an activating group) is 1. The van der Waals surface area contributed by atoms with Crippen LogP contribution in [0.4, 0.5) is 0 Å². The maximum atomic E-state index is 12.0. The van der Waals surface area contributed by atoms with Crippen LogP contribution in [0.25, 0.3) is 0 Å². The Morgan fingerprint density at radius 1 is 1.06 bits per heavy atom. The van der Waals surface area contributed by atoms with E-state index in [0.29, 0.717) is 18.5 Å². The van der Waals surface area contributed by atoms with E-state index >= 15 is 0 Å². The van der Waals surface area contributed by atoms with Crippen molar-refractivity contribution in [3.8, 4) is 0 Å². The molecule has 1 heterocycles. The number of aliphatic imine (C=N–C) groups is 1. The van der Waals surface area contributed by atoms with Crippen molar-refractivity contribution < 1.29 is 4.79 Å². The Morgan fingerprint density at radius 2 is 1.72 bits per heavy atom. The molecule has 0 aromatic heterocycles. The molecule has 32 heavy (non-hydrogen) atoms. The normalized spacial score (nSPS) is 15.0. The topological polar surface area (TPSA) is 60.0 Å². The molecule has 1 amide bonds. The van der Waals surface area contributed by atoms with Crippen molar-refractivity contribution >= 4 is 47.4 Å². The van der Waals surface area contributed by atoms with E-state index in [2.05, 4.69) is 39.8 Å². The fourth-order valence-corrected chi connectivity index (χ4v) is 3.63. The summed E-state index contributed by atoms with van der Waals surface area (Å²) in [4.78, 5) is 20.8. The van der Waals surface area contributed by atoms with Gasteiger partial charge in [-0.2, -0.15) is 0 Å². The number of nitrogens with zero attached hydrogens (tertiary/aromatic N) is 3. The van der Waals surface area contributed by atoms with Gasteiger partial charge in [-0.3, -0.25) is 9.69 Å². The summed E-state index contributed by atoms with van der Waals surface area (Å²) in [6.07, 6.45) is 2.06. The van der Waals surface area contributed by atoms with Gasteiger partial charge in [0.15, 0.2) is 5.96 Å². The number of carbonyl (C=O) groups excluding carboxylic acids is 1. The van der Waals surface area contributed by atoms with Crippen molar-refractivity contribution in [2.45, 2.75) is 32.0 Å². The number of guanidine groups is 1. The van der Waals surface area contributed by atoms with Crippen LogP contribution in [0.15, 0.2) is 59.6 Å². The van der Waals surface area contributed by atoms with Crippen LogP contribution in [0.2, 0.25) is 5.02 Å². The molecular formula is C24H33ClIN5O. The van der Waals surface area contributed by atoms with Gasteiger partial charge in [0.05, 0.1) is 13.1 Å². The van der Waals surface area contributed by atoms with Gasteiger partial charge in [0.2, 0.25) is 5.91 Å². The number of amides is 1. The first-order valence-corrected chi connectivity index (χ1v) is 11.1. The van der Waals surface area contributed by atoms with Gasteiger partial charge in [-0.25, -0.2) is 4.99 Å². The molecule has 0 spiro atoms. The molecule has 2 aromatic rings. The average molecular weight is 570 g/mol. The lowest BCUT2D eigenvalue weighted by molar-refractivity contribution is -0.127. The van der Waals surface area contributed by atoms with Gasteiger partial charge in [-0.05, 0) is 36.1 Å². The zero-order valence-corrected chi connectivity index (χ0v) is 21.8. The Labute approximate surface area is 213 Å². The van der Waals surface area contributed by atoms with Gasteiger partial charge >= 0.3 is 0 Å². The summed E-state index contributed by atoms with van der Waals surface area (Å²) >= 11 is 5.99. The molecule has 0 radical (unpaired) electrons. The van der Waals surface area contributed by atoms with E-state index in [1.807, 2.05) is 30.3 Å². The van der Waals surface area contributed by atoms with Crippen molar-refractivity contribution in [2.75, 3.05) is 33.7 Å². The number of benzene rings is 2. The standard InChI is InChI=1S/C24H32ClN5O.HI/c1-29(2)23(31)17-27-24(26-16-19-6-4-3-5-7-19)28-22-12-14-30(15-13-22)18-20-8-10-21(25)11-9-20;/h3-11,22H,12-18H2,1-2H3,(H2,26,27,28);1H. The lowest BCUT2D eigenvalue weighted by Crippen LogP contribution is -2.50. The van der Waals surface area contributed by atoms with Crippen molar-refractivity contribution in [1.29, 1.82) is 0 Å². The SMILES string of the molecule is CN(C)C(=O)CNC(=NCc1ccccc1)NC1CCN(Cc2ccc(Cl)cc2)CC1.I. The monoisotopic (exact) mass is 569 g/mol. The summed E-state index contributed by atoms with van der Waals surface area (Å²) < 4.78 is 0. The van der Waals surface area contributed by atoms with Gasteiger partial charge in [0.1, 0.15) is 0 Å². The first kappa shape index (κ1) is 26.4. The molecule has 0 aliphatic carbocycles. The molecule has 2 N–H and O–H groups in total. The summed E-state index contributed by atoms with van der Waals surface area (Å²) in [5.74, 6) is 0.710. The molecule has 0 saturated carbocycles. The van der Waals surface area contributed by atoms with Crippen LogP contribution >= 0.6 is 35.6 Å². The van der Waals surface area contributed by atoms with E-state index in [9.17, 15) is 4.79 Å². The van der Waals surface area contributed by atoms with Crippen LogP contribution < -0.4 is 10.6 Å². The minimum atomic E-state index is 0. The Morgan fingerprint density at radius 3 is 2.34 bits per heavy atom. The third-order valence-electron chi connectivity index (χ3n) is 5.42. The molecule has 0 atom stereocenters. The molecule has 1 saturated heterocycles. The number of hydrogen-bond donors (Lipinski definition) is 2. The summed E-state index contributed by atoms with van der Waals surface area (Å²) in [6.45, 7) is 3.77. The van der Waals surface area contributed by atoms with Gasteiger partial charge in [0, 0.05) is 44.8 Å². The molecule has 1 fully saturated rings. The third kappa shape index (κ3) is 8.96. The molecule has 3 rings (SSSR count). The van der Waals surface area contributed by atoms with E-state index < -0.39 is 0 Å². The van der Waals surface area contributed by atoms with Crippen molar-refractivity contribution in [2.24, 2.45) is 4.99 Å². The number of nitrogens with one attached hydrogen (secondary N) is 2. The van der Waals surface area contributed by atoms with Crippen LogP contribution in [-0.4, -0.2) is 61.4 Å².